The van der Waals surface area contributed by atoms with Gasteiger partial charge in [-0.05, 0) is 25.9 Å². The Morgan fingerprint density at radius 3 is 2.74 bits per heavy atom. The average molecular weight is 375 g/mol. The Labute approximate surface area is 157 Å². The fraction of sp³-hybridized carbons (Fsp3) is 0.526. The molecule has 0 amide bonds. The van der Waals surface area contributed by atoms with Gasteiger partial charge in [0.15, 0.2) is 5.76 Å². The predicted octanol–water partition coefficient (Wildman–Crippen LogP) is 1.76. The van der Waals surface area contributed by atoms with Crippen molar-refractivity contribution in [3.8, 4) is 5.75 Å². The molecule has 1 N–H and O–H groups in total. The zero-order chi connectivity index (χ0) is 19.4. The number of ether oxygens (including phenoxy) is 1. The summed E-state index contributed by atoms with van der Waals surface area (Å²) in [6, 6.07) is 1.33. The summed E-state index contributed by atoms with van der Waals surface area (Å²) in [4.78, 5) is 26.5. The number of carbonyl (C=O) groups excluding carboxylic acids is 1. The predicted molar refractivity (Wildman–Crippen MR) is 97.5 cm³/mol. The summed E-state index contributed by atoms with van der Waals surface area (Å²) in [6.45, 7) is 2.41. The summed E-state index contributed by atoms with van der Waals surface area (Å²) in [5, 5.41) is 14.5. The minimum Gasteiger partial charge on any atom is -0.502 e. The van der Waals surface area contributed by atoms with E-state index in [1.54, 1.807) is 24.1 Å². The molecule has 0 saturated carbocycles. The van der Waals surface area contributed by atoms with Crippen LogP contribution in [0.25, 0.3) is 0 Å². The lowest BCUT2D eigenvalue weighted by Crippen LogP contribution is -2.29. The maximum Gasteiger partial charge on any atom is 0.306 e. The van der Waals surface area contributed by atoms with Crippen molar-refractivity contribution in [1.29, 1.82) is 0 Å². The van der Waals surface area contributed by atoms with Gasteiger partial charge >= 0.3 is 5.97 Å². The number of methoxy groups -OCH3 is 1. The fourth-order valence-electron chi connectivity index (χ4n) is 3.44. The number of aromatic hydroxyl groups is 1. The van der Waals surface area contributed by atoms with E-state index in [1.807, 2.05) is 0 Å². The molecule has 3 heterocycles. The van der Waals surface area contributed by atoms with Gasteiger partial charge in [-0.2, -0.15) is 5.10 Å². The van der Waals surface area contributed by atoms with Gasteiger partial charge in [0.1, 0.15) is 5.76 Å². The monoisotopic (exact) mass is 375 g/mol. The highest BCUT2D eigenvalue weighted by atomic mass is 16.5. The highest BCUT2D eigenvalue weighted by molar-refractivity contribution is 5.71. The Kier molecular flexibility index (Phi) is 5.95. The Morgan fingerprint density at radius 2 is 2.11 bits per heavy atom. The first-order valence-electron chi connectivity index (χ1n) is 9.11. The highest BCUT2D eigenvalue weighted by Gasteiger charge is 2.28. The van der Waals surface area contributed by atoms with Crippen molar-refractivity contribution < 1.29 is 19.1 Å². The molecule has 2 aromatic heterocycles. The first-order chi connectivity index (χ1) is 13.0. The first kappa shape index (κ1) is 19.2. The maximum atomic E-state index is 12.3. The summed E-state index contributed by atoms with van der Waals surface area (Å²) in [6.07, 6.45) is 6.70. The third-order valence-electron chi connectivity index (χ3n) is 4.87. The number of aryl methyl sites for hydroxylation is 1. The van der Waals surface area contributed by atoms with E-state index in [4.69, 9.17) is 9.15 Å². The van der Waals surface area contributed by atoms with Crippen LogP contribution >= 0.6 is 0 Å². The highest BCUT2D eigenvalue weighted by Crippen LogP contribution is 2.33. The van der Waals surface area contributed by atoms with Gasteiger partial charge in [0.25, 0.3) is 0 Å². The van der Waals surface area contributed by atoms with Gasteiger partial charge in [-0.1, -0.05) is 6.42 Å². The van der Waals surface area contributed by atoms with Crippen LogP contribution in [0.2, 0.25) is 0 Å². The van der Waals surface area contributed by atoms with Crippen molar-refractivity contribution in [2.24, 2.45) is 7.05 Å². The Hall–Kier alpha value is -2.61. The minimum atomic E-state index is -0.653. The van der Waals surface area contributed by atoms with Gasteiger partial charge in [-0.25, -0.2) is 0 Å². The van der Waals surface area contributed by atoms with Crippen LogP contribution in [0.3, 0.4) is 0 Å². The molecular weight excluding hydrogens is 350 g/mol. The number of hydrogen-bond donors (Lipinski definition) is 1. The third kappa shape index (κ3) is 4.57. The van der Waals surface area contributed by atoms with E-state index in [0.29, 0.717) is 17.9 Å². The second-order valence-corrected chi connectivity index (χ2v) is 6.91. The summed E-state index contributed by atoms with van der Waals surface area (Å²) < 4.78 is 12.3. The van der Waals surface area contributed by atoms with Crippen LogP contribution in [0.4, 0.5) is 0 Å². The molecule has 0 radical (unpaired) electrons. The van der Waals surface area contributed by atoms with E-state index in [1.165, 1.54) is 19.6 Å². The largest absolute Gasteiger partial charge is 0.502 e. The van der Waals surface area contributed by atoms with E-state index >= 15 is 0 Å². The topological polar surface area (TPSA) is 97.8 Å². The average Bonchev–Trinajstić information content (AvgIpc) is 3.09. The van der Waals surface area contributed by atoms with E-state index in [9.17, 15) is 14.7 Å². The van der Waals surface area contributed by atoms with Crippen molar-refractivity contribution in [1.82, 2.24) is 14.7 Å². The molecule has 3 rings (SSSR count). The number of hydrogen-bond acceptors (Lipinski definition) is 7. The summed E-state index contributed by atoms with van der Waals surface area (Å²) in [5.41, 5.74) is 0.151. The van der Waals surface area contributed by atoms with Gasteiger partial charge in [0, 0.05) is 24.9 Å². The van der Waals surface area contributed by atoms with E-state index in [2.05, 4.69) is 10.00 Å². The van der Waals surface area contributed by atoms with E-state index < -0.39 is 23.1 Å². The van der Waals surface area contributed by atoms with Crippen molar-refractivity contribution >= 4 is 5.97 Å². The number of rotatable bonds is 6. The van der Waals surface area contributed by atoms with Crippen molar-refractivity contribution in [3.63, 3.8) is 0 Å². The molecule has 0 bridgehead atoms. The number of esters is 1. The molecule has 8 heteroatoms. The fourth-order valence-corrected chi connectivity index (χ4v) is 3.44. The molecular formula is C19H25N3O5. The molecule has 8 nitrogen and oxygen atoms in total. The molecule has 0 spiro atoms. The molecule has 1 aliphatic heterocycles. The number of carbonyl (C=O) groups is 1. The molecule has 27 heavy (non-hydrogen) atoms. The van der Waals surface area contributed by atoms with Crippen LogP contribution in [-0.4, -0.2) is 46.0 Å². The Morgan fingerprint density at radius 1 is 1.37 bits per heavy atom. The van der Waals surface area contributed by atoms with Gasteiger partial charge in [-0.15, -0.1) is 0 Å². The van der Waals surface area contributed by atoms with E-state index in [0.717, 1.165) is 25.9 Å². The zero-order valence-corrected chi connectivity index (χ0v) is 15.7. The second kappa shape index (κ2) is 8.39. The smallest absolute Gasteiger partial charge is 0.306 e. The number of aromatic nitrogens is 2. The van der Waals surface area contributed by atoms with Crippen LogP contribution in [0.1, 0.15) is 48.7 Å². The molecule has 0 aliphatic carbocycles. The standard InChI is InChI=1S/C19H25N3O5/c1-21-11-13(10-20-21)15(9-17(24)26-2)19-18(25)16(23)8-14(27-19)12-22-6-4-3-5-7-22/h8,10-11,15,25H,3-7,9,12H2,1-2H3/t15-/m0/s1. The molecule has 0 unspecified atom stereocenters. The van der Waals surface area contributed by atoms with Crippen LogP contribution in [-0.2, 0) is 23.1 Å². The van der Waals surface area contributed by atoms with Gasteiger partial charge in [-0.3, -0.25) is 19.2 Å². The van der Waals surface area contributed by atoms with Crippen LogP contribution in [0.5, 0.6) is 5.75 Å². The number of likely N-dealkylation sites (tertiary alicyclic amines) is 1. The number of piperidine rings is 1. The first-order valence-corrected chi connectivity index (χ1v) is 9.11. The number of nitrogens with zero attached hydrogens (tertiary/aromatic N) is 3. The molecule has 146 valence electrons. The van der Waals surface area contributed by atoms with Crippen LogP contribution in [0, 0.1) is 0 Å². The van der Waals surface area contributed by atoms with E-state index in [-0.39, 0.29) is 12.2 Å². The second-order valence-electron chi connectivity index (χ2n) is 6.91. The summed E-state index contributed by atoms with van der Waals surface area (Å²) in [5.74, 6) is -1.04. The van der Waals surface area contributed by atoms with Crippen molar-refractivity contribution in [2.45, 2.75) is 38.1 Å². The summed E-state index contributed by atoms with van der Waals surface area (Å²) >= 11 is 0. The Bertz CT molecular complexity index is 851. The van der Waals surface area contributed by atoms with Gasteiger partial charge in [0.05, 0.1) is 32.2 Å². The molecule has 1 atom stereocenters. The van der Waals surface area contributed by atoms with Gasteiger partial charge < -0.3 is 14.3 Å². The summed E-state index contributed by atoms with van der Waals surface area (Å²) in [7, 11) is 3.05. The third-order valence-corrected chi connectivity index (χ3v) is 4.87. The molecule has 2 aromatic rings. The SMILES string of the molecule is COC(=O)C[C@@H](c1cnn(C)c1)c1oc(CN2CCCCC2)cc(=O)c1O. The maximum absolute atomic E-state index is 12.3. The molecule has 1 saturated heterocycles. The normalized spacial score (nSPS) is 16.2. The quantitative estimate of drug-likeness (QED) is 0.768. The minimum absolute atomic E-state index is 0.0636. The van der Waals surface area contributed by atoms with Crippen molar-refractivity contribution in [3.05, 3.63) is 45.8 Å². The molecule has 0 aromatic carbocycles. The van der Waals surface area contributed by atoms with Gasteiger partial charge in [0.2, 0.25) is 11.2 Å². The Balaban J connectivity index is 1.97. The lowest BCUT2D eigenvalue weighted by molar-refractivity contribution is -0.140. The van der Waals surface area contributed by atoms with Crippen LogP contribution in [0.15, 0.2) is 27.7 Å². The molecule has 1 aliphatic rings. The lowest BCUT2D eigenvalue weighted by Gasteiger charge is -2.26. The zero-order valence-electron chi connectivity index (χ0n) is 15.7. The molecule has 1 fully saturated rings. The van der Waals surface area contributed by atoms with Crippen LogP contribution < -0.4 is 5.43 Å². The lowest BCUT2D eigenvalue weighted by atomic mass is 9.94. The van der Waals surface area contributed by atoms with Crippen molar-refractivity contribution in [2.75, 3.05) is 20.2 Å².